The highest BCUT2D eigenvalue weighted by Crippen LogP contribution is 2.32. The van der Waals surface area contributed by atoms with Crippen LogP contribution in [0.1, 0.15) is 5.56 Å². The van der Waals surface area contributed by atoms with E-state index in [9.17, 15) is 69.5 Å². The van der Waals surface area contributed by atoms with Crippen molar-refractivity contribution in [1.29, 1.82) is 0 Å². The average molecular weight is 1230 g/mol. The molecule has 0 aliphatic rings. The number of benzene rings is 6. The van der Waals surface area contributed by atoms with E-state index in [2.05, 4.69) is 51.9 Å². The molecule has 6 N–H and O–H groups in total. The van der Waals surface area contributed by atoms with Crippen molar-refractivity contribution in [2.24, 2.45) is 0 Å². The van der Waals surface area contributed by atoms with E-state index in [-0.39, 0.29) is 34.8 Å². The molecule has 0 saturated carbocycles. The molecule has 440 valence electrons. The van der Waals surface area contributed by atoms with Gasteiger partial charge in [-0.1, -0.05) is 12.1 Å². The van der Waals surface area contributed by atoms with Gasteiger partial charge in [0.1, 0.15) is 29.6 Å². The molecule has 0 amide bonds. The molecule has 6 aromatic carbocycles. The first-order valence-electron chi connectivity index (χ1n) is 23.0. The Hall–Kier alpha value is -8.65. The Labute approximate surface area is 467 Å². The summed E-state index contributed by atoms with van der Waals surface area (Å²) < 4.78 is 226. The van der Waals surface area contributed by atoms with Crippen LogP contribution >= 0.6 is 10.7 Å². The lowest BCUT2D eigenvalue weighted by Gasteiger charge is -2.12. The fraction of sp³-hybridized carbons (Fsp3) is 0.137. The highest BCUT2D eigenvalue weighted by molar-refractivity contribution is 8.13. The fourth-order valence-corrected chi connectivity index (χ4v) is 9.03. The second kappa shape index (κ2) is 28.4. The highest BCUT2D eigenvalue weighted by atomic mass is 35.7. The van der Waals surface area contributed by atoms with Gasteiger partial charge in [-0.3, -0.25) is 0 Å². The minimum absolute atomic E-state index is 0.0420. The first-order chi connectivity index (χ1) is 39.3. The van der Waals surface area contributed by atoms with Crippen molar-refractivity contribution >= 4 is 81.5 Å². The summed E-state index contributed by atoms with van der Waals surface area (Å²) in [7, 11) is -2.35. The number of anilines is 9. The molecule has 0 radical (unpaired) electrons. The quantitative estimate of drug-likeness (QED) is 0.00908. The lowest BCUT2D eigenvalue weighted by Crippen LogP contribution is -2.14. The van der Waals surface area contributed by atoms with Crippen LogP contribution in [0.4, 0.5) is 105 Å². The lowest BCUT2D eigenvalue weighted by molar-refractivity contribution is 0.146. The molecular weight excluding hydrogens is 1190 g/mol. The third kappa shape index (κ3) is 17.0. The highest BCUT2D eigenvalue weighted by Gasteiger charge is 2.34. The molecule has 8 rings (SSSR count). The predicted octanol–water partition coefficient (Wildman–Crippen LogP) is 11.8. The van der Waals surface area contributed by atoms with Gasteiger partial charge in [0.15, 0.2) is 84.5 Å². The van der Waals surface area contributed by atoms with Crippen molar-refractivity contribution in [2.45, 2.75) is 15.5 Å². The van der Waals surface area contributed by atoms with Crippen molar-refractivity contribution in [2.75, 3.05) is 67.6 Å². The number of sulfone groups is 1. The molecule has 2 heterocycles. The lowest BCUT2D eigenvalue weighted by atomic mass is 10.2. The summed E-state index contributed by atoms with van der Waals surface area (Å²) in [6, 6.07) is 26.0. The van der Waals surface area contributed by atoms with Gasteiger partial charge in [0.25, 0.3) is 9.05 Å². The Bertz CT molecular complexity index is 3740. The number of methoxy groups -OCH3 is 2. The van der Waals surface area contributed by atoms with Gasteiger partial charge in [-0.25, -0.2) is 79.5 Å². The van der Waals surface area contributed by atoms with Gasteiger partial charge in [-0.05, 0) is 90.5 Å². The van der Waals surface area contributed by atoms with Gasteiger partial charge in [-0.2, -0.15) is 9.97 Å². The van der Waals surface area contributed by atoms with Gasteiger partial charge in [-0.15, -0.1) is 0 Å². The smallest absolute Gasteiger partial charge is 0.267 e. The van der Waals surface area contributed by atoms with Crippen molar-refractivity contribution in [1.82, 2.24) is 19.9 Å². The SMILES string of the molecule is COCCOc1ccc(Nc2ncc(F)c(Nc3ccc(CS(=O)(=O)c4c(F)c(F)c(F)c(F)c4F)cc3)n2)cc1.COCCOc1ccc(Nc2ncc(F)c(Nc3ccc(N)cc3)n2)cc1.O=S(=O)(Cl)c1c(F)c(F)c(F)c(F)c1F. The number of nitrogens with two attached hydrogens (primary N) is 1. The van der Waals surface area contributed by atoms with E-state index >= 15 is 0 Å². The standard InChI is InChI=1S/C26H20F6N4O4S.C19H20FN5O2.C6ClF5O2S/c1-39-10-11-40-17-8-6-16(7-9-17)35-26-33-12-18(27)25(36-26)34-15-4-2-14(3-5-15)13-41(37,38)24-22(31)20(29)19(28)21(30)23(24)32;1-26-10-11-27-16-8-6-15(7-9-16)24-19-22-12-17(20)18(25-19)23-14-4-2-13(21)3-5-14;7-15(13,14)6-4(11)2(9)1(8)3(10)5(6)12/h2-9,12H,10-11,13H2,1H3,(H2,33,34,35,36);2-9,12H,10-11,21H2,1H3,(H2,22,23,24,25);. The summed E-state index contributed by atoms with van der Waals surface area (Å²) >= 11 is 0. The maximum absolute atomic E-state index is 14.4. The zero-order valence-electron chi connectivity index (χ0n) is 42.3. The van der Waals surface area contributed by atoms with Crippen LogP contribution in [0.15, 0.2) is 119 Å². The number of nitrogens with one attached hydrogen (secondary N) is 4. The van der Waals surface area contributed by atoms with E-state index in [1.54, 1.807) is 62.8 Å². The van der Waals surface area contributed by atoms with Crippen LogP contribution in [0, 0.1) is 69.8 Å². The molecule has 83 heavy (non-hydrogen) atoms. The van der Waals surface area contributed by atoms with Crippen LogP contribution in [0.2, 0.25) is 0 Å². The Morgan fingerprint density at radius 2 is 0.771 bits per heavy atom. The van der Waals surface area contributed by atoms with Crippen molar-refractivity contribution in [3.8, 4) is 11.5 Å². The van der Waals surface area contributed by atoms with E-state index in [0.717, 1.165) is 23.8 Å². The van der Waals surface area contributed by atoms with Crippen molar-refractivity contribution in [3.63, 3.8) is 0 Å². The Balaban J connectivity index is 0.000000225. The zero-order valence-corrected chi connectivity index (χ0v) is 44.7. The normalized spacial score (nSPS) is 11.2. The molecule has 0 atom stereocenters. The van der Waals surface area contributed by atoms with Gasteiger partial charge in [0, 0.05) is 53.3 Å². The molecule has 8 aromatic rings. The largest absolute Gasteiger partial charge is 0.491 e. The Kier molecular flexibility index (Phi) is 21.7. The van der Waals surface area contributed by atoms with Crippen LogP contribution in [0.25, 0.3) is 0 Å². The topological polar surface area (TPSA) is 231 Å². The molecule has 17 nitrogen and oxygen atoms in total. The fourth-order valence-electron chi connectivity index (χ4n) is 6.52. The molecular formula is C51H40ClF12N9O8S2. The van der Waals surface area contributed by atoms with Gasteiger partial charge >= 0.3 is 0 Å². The van der Waals surface area contributed by atoms with Crippen LogP contribution in [-0.4, -0.2) is 77.4 Å². The van der Waals surface area contributed by atoms with Crippen molar-refractivity contribution in [3.05, 3.63) is 185 Å². The van der Waals surface area contributed by atoms with E-state index in [0.29, 0.717) is 49.2 Å². The monoisotopic (exact) mass is 1230 g/mol. The van der Waals surface area contributed by atoms with Gasteiger partial charge in [0.05, 0.1) is 31.4 Å². The van der Waals surface area contributed by atoms with Crippen LogP contribution in [-0.2, 0) is 34.1 Å². The first-order valence-corrected chi connectivity index (χ1v) is 27.0. The number of nitrogens with zero attached hydrogens (tertiary/aromatic N) is 4. The zero-order chi connectivity index (χ0) is 60.8. The van der Waals surface area contributed by atoms with Gasteiger partial charge in [0.2, 0.25) is 23.5 Å². The van der Waals surface area contributed by atoms with Crippen LogP contribution in [0.5, 0.6) is 11.5 Å². The number of halogens is 13. The molecule has 0 unspecified atom stereocenters. The second-order valence-corrected chi connectivity index (χ2v) is 20.8. The van der Waals surface area contributed by atoms with Crippen LogP contribution < -0.4 is 36.5 Å². The van der Waals surface area contributed by atoms with Gasteiger partial charge < -0.3 is 45.9 Å². The molecule has 2 aromatic heterocycles. The first kappa shape index (κ1) is 63.5. The summed E-state index contributed by atoms with van der Waals surface area (Å²) in [4.78, 5) is 12.1. The molecule has 0 bridgehead atoms. The van der Waals surface area contributed by atoms with Crippen molar-refractivity contribution < 1.29 is 88.5 Å². The van der Waals surface area contributed by atoms with E-state index in [4.69, 9.17) is 24.7 Å². The summed E-state index contributed by atoms with van der Waals surface area (Å²) in [5, 5.41) is 11.5. The molecule has 0 fully saturated rings. The van der Waals surface area contributed by atoms with E-state index < -0.39 is 104 Å². The number of rotatable bonds is 20. The summed E-state index contributed by atoms with van der Waals surface area (Å²) in [5.74, 6) is -25.2. The summed E-state index contributed by atoms with van der Waals surface area (Å²) in [6.45, 7) is 1.80. The number of aromatic nitrogens is 4. The Morgan fingerprint density at radius 1 is 0.446 bits per heavy atom. The average Bonchev–Trinajstić information content (AvgIpc) is 2.90. The second-order valence-electron chi connectivity index (χ2n) is 16.3. The Morgan fingerprint density at radius 3 is 1.13 bits per heavy atom. The third-order valence-electron chi connectivity index (χ3n) is 10.5. The summed E-state index contributed by atoms with van der Waals surface area (Å²) in [6.07, 6.45) is 2.03. The van der Waals surface area contributed by atoms with E-state index in [1.807, 2.05) is 24.3 Å². The predicted molar refractivity (Wildman–Crippen MR) is 278 cm³/mol. The minimum Gasteiger partial charge on any atom is -0.491 e. The number of hydrogen-bond donors (Lipinski definition) is 5. The maximum Gasteiger partial charge on any atom is 0.267 e. The number of hydrogen-bond acceptors (Lipinski definition) is 17. The van der Waals surface area contributed by atoms with Crippen LogP contribution in [0.3, 0.4) is 0 Å². The molecule has 0 spiro atoms. The molecule has 0 saturated heterocycles. The number of ether oxygens (including phenoxy) is 4. The number of nitrogen functional groups attached to an aromatic ring is 1. The maximum atomic E-state index is 14.4. The molecule has 32 heteroatoms. The molecule has 0 aliphatic heterocycles. The summed E-state index contributed by atoms with van der Waals surface area (Å²) in [5.41, 5.74) is 8.48. The third-order valence-corrected chi connectivity index (χ3v) is 13.5. The molecule has 0 aliphatic carbocycles. The minimum atomic E-state index is -5.05. The van der Waals surface area contributed by atoms with E-state index in [1.165, 1.54) is 24.3 Å².